The van der Waals surface area contributed by atoms with Crippen LogP contribution in [0.2, 0.25) is 0 Å². The number of carbonyl (C=O) groups excluding carboxylic acids is 1. The summed E-state index contributed by atoms with van der Waals surface area (Å²) in [6, 6.07) is 7.26. The molecule has 0 spiro atoms. The number of pyridine rings is 1. The minimum atomic E-state index is -0.355. The second-order valence-corrected chi connectivity index (χ2v) is 6.77. The summed E-state index contributed by atoms with van der Waals surface area (Å²) < 4.78 is 7.49. The number of anilines is 1. The Kier molecular flexibility index (Phi) is 4.28. The molecule has 1 unspecified atom stereocenters. The van der Waals surface area contributed by atoms with E-state index in [-0.39, 0.29) is 17.7 Å². The zero-order chi connectivity index (χ0) is 17.3. The van der Waals surface area contributed by atoms with E-state index in [1.54, 1.807) is 15.8 Å². The smallest absolute Gasteiger partial charge is 0.323 e. The highest BCUT2D eigenvalue weighted by Gasteiger charge is 2.34. The fraction of sp³-hybridized carbons (Fsp3) is 0.471. The van der Waals surface area contributed by atoms with Crippen molar-refractivity contribution in [3.63, 3.8) is 0 Å². The number of aromatic nitrogens is 3. The fourth-order valence-electron chi connectivity index (χ4n) is 3.04. The van der Waals surface area contributed by atoms with E-state index < -0.39 is 0 Å². The van der Waals surface area contributed by atoms with Crippen LogP contribution in [0.15, 0.2) is 30.5 Å². The second-order valence-electron chi connectivity index (χ2n) is 6.77. The molecule has 0 aliphatic carbocycles. The number of urea groups is 1. The zero-order valence-corrected chi connectivity index (χ0v) is 14.5. The maximum atomic E-state index is 12.7. The number of hydrogen-bond acceptors (Lipinski definition) is 4. The lowest BCUT2D eigenvalue weighted by Gasteiger charge is -2.41. The molecule has 1 atom stereocenters. The molecule has 1 saturated heterocycles. The normalized spacial score (nSPS) is 20.0. The van der Waals surface area contributed by atoms with Gasteiger partial charge in [0.2, 0.25) is 0 Å². The first kappa shape index (κ1) is 16.4. The van der Waals surface area contributed by atoms with Crippen LogP contribution in [0.1, 0.15) is 26.5 Å². The monoisotopic (exact) mass is 329 g/mol. The lowest BCUT2D eigenvalue weighted by Crippen LogP contribution is -2.54. The SMILES string of the molecule is Cc1cc(NC(=O)N2CC(C)OC(C)(C)C2)n(-c2ccccn2)n1. The molecule has 0 bridgehead atoms. The van der Waals surface area contributed by atoms with Crippen molar-refractivity contribution in [2.75, 3.05) is 18.4 Å². The highest BCUT2D eigenvalue weighted by Crippen LogP contribution is 2.22. The van der Waals surface area contributed by atoms with Crippen LogP contribution in [0.4, 0.5) is 10.6 Å². The summed E-state index contributed by atoms with van der Waals surface area (Å²) in [5, 5.41) is 7.37. The standard InChI is InChI=1S/C17H23N5O2/c1-12-9-15(22(20-12)14-7-5-6-8-18-14)19-16(23)21-10-13(2)24-17(3,4)11-21/h5-9,13H,10-11H2,1-4H3,(H,19,23). The molecule has 7 heteroatoms. The molecule has 7 nitrogen and oxygen atoms in total. The van der Waals surface area contributed by atoms with Gasteiger partial charge in [0, 0.05) is 18.8 Å². The van der Waals surface area contributed by atoms with Crippen LogP contribution in [-0.2, 0) is 4.74 Å². The van der Waals surface area contributed by atoms with Gasteiger partial charge in [-0.05, 0) is 39.8 Å². The van der Waals surface area contributed by atoms with E-state index in [0.29, 0.717) is 24.7 Å². The lowest BCUT2D eigenvalue weighted by atomic mass is 10.1. The second kappa shape index (κ2) is 6.24. The van der Waals surface area contributed by atoms with Gasteiger partial charge >= 0.3 is 6.03 Å². The highest BCUT2D eigenvalue weighted by molar-refractivity contribution is 5.89. The number of amides is 2. The maximum Gasteiger partial charge on any atom is 0.323 e. The van der Waals surface area contributed by atoms with E-state index in [0.717, 1.165) is 5.69 Å². The maximum absolute atomic E-state index is 12.7. The number of ether oxygens (including phenoxy) is 1. The van der Waals surface area contributed by atoms with Crippen molar-refractivity contribution in [3.05, 3.63) is 36.2 Å². The Labute approximate surface area is 141 Å². The molecule has 0 radical (unpaired) electrons. The average Bonchev–Trinajstić information content (AvgIpc) is 2.86. The Morgan fingerprint density at radius 1 is 1.42 bits per heavy atom. The number of nitrogens with one attached hydrogen (secondary N) is 1. The first-order valence-corrected chi connectivity index (χ1v) is 8.06. The lowest BCUT2D eigenvalue weighted by molar-refractivity contribution is -0.116. The molecular weight excluding hydrogens is 306 g/mol. The third kappa shape index (κ3) is 3.56. The molecule has 0 aromatic carbocycles. The van der Waals surface area contributed by atoms with Crippen LogP contribution in [0.3, 0.4) is 0 Å². The third-order valence-electron chi connectivity index (χ3n) is 3.79. The molecule has 24 heavy (non-hydrogen) atoms. The Bertz CT molecular complexity index is 726. The summed E-state index contributed by atoms with van der Waals surface area (Å²) in [7, 11) is 0. The van der Waals surface area contributed by atoms with Gasteiger partial charge in [0.05, 0.1) is 23.9 Å². The molecule has 1 N–H and O–H groups in total. The van der Waals surface area contributed by atoms with E-state index in [4.69, 9.17) is 4.74 Å². The van der Waals surface area contributed by atoms with E-state index in [1.165, 1.54) is 0 Å². The molecule has 128 valence electrons. The van der Waals surface area contributed by atoms with Gasteiger partial charge in [0.1, 0.15) is 5.82 Å². The van der Waals surface area contributed by atoms with Gasteiger partial charge < -0.3 is 9.64 Å². The van der Waals surface area contributed by atoms with Crippen molar-refractivity contribution in [2.45, 2.75) is 39.4 Å². The van der Waals surface area contributed by atoms with Crippen LogP contribution < -0.4 is 5.32 Å². The van der Waals surface area contributed by atoms with Gasteiger partial charge in [-0.25, -0.2) is 9.78 Å². The molecule has 2 amide bonds. The van der Waals surface area contributed by atoms with Crippen LogP contribution >= 0.6 is 0 Å². The number of aryl methyl sites for hydroxylation is 1. The van der Waals surface area contributed by atoms with Crippen molar-refractivity contribution >= 4 is 11.8 Å². The van der Waals surface area contributed by atoms with E-state index in [2.05, 4.69) is 15.4 Å². The highest BCUT2D eigenvalue weighted by atomic mass is 16.5. The quantitative estimate of drug-likeness (QED) is 0.919. The first-order chi connectivity index (χ1) is 11.3. The average molecular weight is 329 g/mol. The molecule has 3 rings (SSSR count). The summed E-state index contributed by atoms with van der Waals surface area (Å²) >= 11 is 0. The minimum absolute atomic E-state index is 0.00179. The van der Waals surface area contributed by atoms with Gasteiger partial charge in [-0.15, -0.1) is 0 Å². The third-order valence-corrected chi connectivity index (χ3v) is 3.79. The van der Waals surface area contributed by atoms with Crippen LogP contribution in [-0.4, -0.2) is 50.5 Å². The molecule has 1 fully saturated rings. The minimum Gasteiger partial charge on any atom is -0.369 e. The number of carbonyl (C=O) groups is 1. The Balaban J connectivity index is 1.80. The topological polar surface area (TPSA) is 72.3 Å². The summed E-state index contributed by atoms with van der Waals surface area (Å²) in [6.07, 6.45) is 1.70. The van der Waals surface area contributed by atoms with Gasteiger partial charge in [0.25, 0.3) is 0 Å². The van der Waals surface area contributed by atoms with E-state index in [9.17, 15) is 4.79 Å². The van der Waals surface area contributed by atoms with Gasteiger partial charge in [-0.3, -0.25) is 5.32 Å². The summed E-state index contributed by atoms with van der Waals surface area (Å²) in [6.45, 7) is 8.95. The van der Waals surface area contributed by atoms with Crippen LogP contribution in [0.25, 0.3) is 5.82 Å². The van der Waals surface area contributed by atoms with Gasteiger partial charge in [-0.2, -0.15) is 9.78 Å². The molecule has 1 aliphatic heterocycles. The Morgan fingerprint density at radius 3 is 2.88 bits per heavy atom. The van der Waals surface area contributed by atoms with Crippen molar-refractivity contribution in [3.8, 4) is 5.82 Å². The Morgan fingerprint density at radius 2 is 2.21 bits per heavy atom. The van der Waals surface area contributed by atoms with Crippen molar-refractivity contribution < 1.29 is 9.53 Å². The van der Waals surface area contributed by atoms with Gasteiger partial charge in [-0.1, -0.05) is 6.07 Å². The summed E-state index contributed by atoms with van der Waals surface area (Å²) in [5.74, 6) is 1.27. The predicted molar refractivity (Wildman–Crippen MR) is 91.3 cm³/mol. The van der Waals surface area contributed by atoms with E-state index >= 15 is 0 Å². The van der Waals surface area contributed by atoms with Gasteiger partial charge in [0.15, 0.2) is 5.82 Å². The molecular formula is C17H23N5O2. The molecule has 2 aromatic heterocycles. The van der Waals surface area contributed by atoms with Crippen LogP contribution in [0, 0.1) is 6.92 Å². The molecule has 0 saturated carbocycles. The zero-order valence-electron chi connectivity index (χ0n) is 14.5. The predicted octanol–water partition coefficient (Wildman–Crippen LogP) is 2.61. The molecule has 2 aromatic rings. The summed E-state index contributed by atoms with van der Waals surface area (Å²) in [4.78, 5) is 18.8. The summed E-state index contributed by atoms with van der Waals surface area (Å²) in [5.41, 5.74) is 0.457. The largest absolute Gasteiger partial charge is 0.369 e. The number of morpholine rings is 1. The van der Waals surface area contributed by atoms with Crippen molar-refractivity contribution in [2.24, 2.45) is 0 Å². The van der Waals surface area contributed by atoms with E-state index in [1.807, 2.05) is 52.0 Å². The molecule has 3 heterocycles. The number of hydrogen-bond donors (Lipinski definition) is 1. The fourth-order valence-corrected chi connectivity index (χ4v) is 3.04. The number of nitrogens with zero attached hydrogens (tertiary/aromatic N) is 4. The van der Waals surface area contributed by atoms with Crippen molar-refractivity contribution in [1.82, 2.24) is 19.7 Å². The first-order valence-electron chi connectivity index (χ1n) is 8.06. The Hall–Kier alpha value is -2.41. The molecule has 1 aliphatic rings. The van der Waals surface area contributed by atoms with Crippen molar-refractivity contribution in [1.29, 1.82) is 0 Å². The number of rotatable bonds is 2. The van der Waals surface area contributed by atoms with Crippen LogP contribution in [0.5, 0.6) is 0 Å².